The van der Waals surface area contributed by atoms with Crippen LogP contribution >= 0.6 is 27.3 Å². The molecule has 3 N–H and O–H groups in total. The molecule has 0 aliphatic carbocycles. The van der Waals surface area contributed by atoms with E-state index in [4.69, 9.17) is 0 Å². The summed E-state index contributed by atoms with van der Waals surface area (Å²) < 4.78 is 18.1. The lowest BCUT2D eigenvalue weighted by molar-refractivity contribution is 0.102. The molecule has 3 aromatic rings. The van der Waals surface area contributed by atoms with Gasteiger partial charge >= 0.3 is 0 Å². The molecule has 8 nitrogen and oxygen atoms in total. The van der Waals surface area contributed by atoms with E-state index < -0.39 is 11.7 Å². The molecule has 11 heteroatoms. The van der Waals surface area contributed by atoms with Crippen molar-refractivity contribution in [1.29, 1.82) is 0 Å². The van der Waals surface area contributed by atoms with Crippen LogP contribution in [0.3, 0.4) is 0 Å². The SMILES string of the molecule is O=C(Nc1nonc1C(=Nc1ccc(F)c(Br)c1)NO)c1cccs1. The zero-order valence-electron chi connectivity index (χ0n) is 12.2. The maximum absolute atomic E-state index is 13.3. The molecule has 0 saturated heterocycles. The first kappa shape index (κ1) is 17.2. The second-order valence-electron chi connectivity index (χ2n) is 4.56. The van der Waals surface area contributed by atoms with Gasteiger partial charge in [-0.05, 0) is 55.9 Å². The van der Waals surface area contributed by atoms with Gasteiger partial charge in [-0.2, -0.15) is 0 Å². The maximum Gasteiger partial charge on any atom is 0.267 e. The highest BCUT2D eigenvalue weighted by Gasteiger charge is 2.19. The van der Waals surface area contributed by atoms with Crippen LogP contribution in [0.5, 0.6) is 0 Å². The standard InChI is InChI=1S/C14H9BrFN5O3S/c15-8-6-7(3-4-9(8)16)17-12(19-23)11-13(21-24-20-11)18-14(22)10-2-1-5-25-10/h1-6,23H,(H,17,19)(H,18,21,22). The summed E-state index contributed by atoms with van der Waals surface area (Å²) >= 11 is 4.30. The van der Waals surface area contributed by atoms with Crippen molar-refractivity contribution < 1.29 is 19.0 Å². The smallest absolute Gasteiger partial charge is 0.267 e. The summed E-state index contributed by atoms with van der Waals surface area (Å²) in [5.74, 6) is -1.03. The maximum atomic E-state index is 13.3. The molecule has 0 spiro atoms. The molecule has 1 aromatic carbocycles. The van der Waals surface area contributed by atoms with E-state index in [0.717, 1.165) is 0 Å². The Morgan fingerprint density at radius 2 is 2.20 bits per heavy atom. The van der Waals surface area contributed by atoms with E-state index in [-0.39, 0.29) is 21.8 Å². The van der Waals surface area contributed by atoms with E-state index in [1.54, 1.807) is 17.5 Å². The van der Waals surface area contributed by atoms with Gasteiger partial charge in [0.15, 0.2) is 11.5 Å². The number of rotatable bonds is 4. The third-order valence-corrected chi connectivity index (χ3v) is 4.42. The molecular formula is C14H9BrFN5O3S. The number of nitrogens with zero attached hydrogens (tertiary/aromatic N) is 3. The van der Waals surface area contributed by atoms with E-state index in [1.807, 2.05) is 5.48 Å². The number of amides is 1. The van der Waals surface area contributed by atoms with Crippen molar-refractivity contribution >= 4 is 50.5 Å². The molecule has 3 rings (SSSR count). The molecule has 0 fully saturated rings. The summed E-state index contributed by atoms with van der Waals surface area (Å²) in [5.41, 5.74) is 2.17. The third-order valence-electron chi connectivity index (χ3n) is 2.94. The lowest BCUT2D eigenvalue weighted by atomic mass is 10.3. The number of thiophene rings is 1. The Kier molecular flexibility index (Phi) is 5.16. The molecule has 1 amide bonds. The van der Waals surface area contributed by atoms with Crippen LogP contribution in [0.15, 0.2) is 49.8 Å². The van der Waals surface area contributed by atoms with Crippen molar-refractivity contribution in [1.82, 2.24) is 15.8 Å². The van der Waals surface area contributed by atoms with Crippen LogP contribution in [-0.2, 0) is 0 Å². The van der Waals surface area contributed by atoms with E-state index in [1.165, 1.54) is 29.5 Å². The predicted molar refractivity (Wildman–Crippen MR) is 91.8 cm³/mol. The van der Waals surface area contributed by atoms with Gasteiger partial charge in [-0.3, -0.25) is 15.5 Å². The first-order chi connectivity index (χ1) is 12.1. The van der Waals surface area contributed by atoms with E-state index >= 15 is 0 Å². The van der Waals surface area contributed by atoms with Gasteiger partial charge in [0.25, 0.3) is 5.91 Å². The highest BCUT2D eigenvalue weighted by Crippen LogP contribution is 2.23. The van der Waals surface area contributed by atoms with Crippen LogP contribution in [-0.4, -0.2) is 27.3 Å². The van der Waals surface area contributed by atoms with Gasteiger partial charge in [0.2, 0.25) is 5.82 Å². The van der Waals surface area contributed by atoms with Gasteiger partial charge in [-0.15, -0.1) is 11.3 Å². The fourth-order valence-electron chi connectivity index (χ4n) is 1.82. The predicted octanol–water partition coefficient (Wildman–Crippen LogP) is 3.34. The molecule has 2 heterocycles. The number of benzene rings is 1. The Morgan fingerprint density at radius 3 is 2.88 bits per heavy atom. The zero-order valence-corrected chi connectivity index (χ0v) is 14.6. The van der Waals surface area contributed by atoms with E-state index in [0.29, 0.717) is 10.6 Å². The van der Waals surface area contributed by atoms with E-state index in [9.17, 15) is 14.4 Å². The number of hydrogen-bond acceptors (Lipinski definition) is 7. The highest BCUT2D eigenvalue weighted by atomic mass is 79.9. The minimum atomic E-state index is -0.454. The number of nitrogens with one attached hydrogen (secondary N) is 2. The molecule has 0 aliphatic heterocycles. The monoisotopic (exact) mass is 425 g/mol. The Labute approximate surface area is 152 Å². The number of aromatic nitrogens is 2. The van der Waals surface area contributed by atoms with Crippen LogP contribution in [0.1, 0.15) is 15.4 Å². The molecule has 0 aliphatic rings. The minimum Gasteiger partial charge on any atom is -0.301 e. The fraction of sp³-hybridized carbons (Fsp3) is 0. The highest BCUT2D eigenvalue weighted by molar-refractivity contribution is 9.10. The average Bonchev–Trinajstić information content (AvgIpc) is 3.27. The number of halogens is 2. The van der Waals surface area contributed by atoms with Gasteiger partial charge in [0, 0.05) is 0 Å². The summed E-state index contributed by atoms with van der Waals surface area (Å²) in [6, 6.07) is 7.38. The van der Waals surface area contributed by atoms with Crippen molar-refractivity contribution in [3.05, 3.63) is 56.6 Å². The number of amidine groups is 1. The summed E-state index contributed by atoms with van der Waals surface area (Å²) in [6.45, 7) is 0. The van der Waals surface area contributed by atoms with Gasteiger partial charge in [-0.25, -0.2) is 14.0 Å². The summed E-state index contributed by atoms with van der Waals surface area (Å²) in [6.07, 6.45) is 0. The number of hydrogen-bond donors (Lipinski definition) is 3. The molecule has 0 atom stereocenters. The lowest BCUT2D eigenvalue weighted by Crippen LogP contribution is -2.23. The van der Waals surface area contributed by atoms with Crippen LogP contribution < -0.4 is 10.8 Å². The van der Waals surface area contributed by atoms with Crippen molar-refractivity contribution in [3.8, 4) is 0 Å². The van der Waals surface area contributed by atoms with Gasteiger partial charge in [0.05, 0.1) is 15.0 Å². The van der Waals surface area contributed by atoms with Crippen LogP contribution in [0.4, 0.5) is 15.9 Å². The van der Waals surface area contributed by atoms with Gasteiger partial charge in [0.1, 0.15) is 5.82 Å². The van der Waals surface area contributed by atoms with Crippen LogP contribution in [0.25, 0.3) is 0 Å². The zero-order chi connectivity index (χ0) is 17.8. The van der Waals surface area contributed by atoms with Crippen molar-refractivity contribution in [2.75, 3.05) is 5.32 Å². The van der Waals surface area contributed by atoms with Crippen LogP contribution in [0.2, 0.25) is 0 Å². The molecular weight excluding hydrogens is 417 g/mol. The van der Waals surface area contributed by atoms with Crippen molar-refractivity contribution in [2.45, 2.75) is 0 Å². The third kappa shape index (κ3) is 3.90. The second-order valence-corrected chi connectivity index (χ2v) is 6.37. The molecule has 0 saturated carbocycles. The molecule has 2 aromatic heterocycles. The Morgan fingerprint density at radius 1 is 1.36 bits per heavy atom. The van der Waals surface area contributed by atoms with Gasteiger partial charge < -0.3 is 5.32 Å². The fourth-order valence-corrected chi connectivity index (χ4v) is 2.80. The topological polar surface area (TPSA) is 113 Å². The number of hydroxylamine groups is 1. The average molecular weight is 426 g/mol. The summed E-state index contributed by atoms with van der Waals surface area (Å²) in [5, 5.41) is 20.8. The second kappa shape index (κ2) is 7.51. The molecule has 128 valence electrons. The Hall–Kier alpha value is -2.63. The summed E-state index contributed by atoms with van der Waals surface area (Å²) in [4.78, 5) is 16.7. The first-order valence-electron chi connectivity index (χ1n) is 6.70. The first-order valence-corrected chi connectivity index (χ1v) is 8.37. The van der Waals surface area contributed by atoms with Crippen molar-refractivity contribution in [2.24, 2.45) is 4.99 Å². The summed E-state index contributed by atoms with van der Waals surface area (Å²) in [7, 11) is 0. The molecule has 0 bridgehead atoms. The Balaban J connectivity index is 1.89. The number of carbonyl (C=O) groups excluding carboxylic acids is 1. The number of anilines is 1. The normalized spacial score (nSPS) is 11.4. The molecule has 0 radical (unpaired) electrons. The number of carbonyl (C=O) groups is 1. The lowest BCUT2D eigenvalue weighted by Gasteiger charge is -2.04. The largest absolute Gasteiger partial charge is 0.301 e. The molecule has 0 unspecified atom stereocenters. The van der Waals surface area contributed by atoms with Crippen molar-refractivity contribution in [3.63, 3.8) is 0 Å². The Bertz CT molecular complexity index is 928. The molecule has 25 heavy (non-hydrogen) atoms. The number of aliphatic imine (C=N–C) groups is 1. The quantitative estimate of drug-likeness (QED) is 0.335. The van der Waals surface area contributed by atoms with E-state index in [2.05, 4.69) is 41.2 Å². The minimum absolute atomic E-state index is 0.0205. The van der Waals surface area contributed by atoms with Gasteiger partial charge in [-0.1, -0.05) is 6.07 Å². The van der Waals surface area contributed by atoms with Crippen LogP contribution in [0, 0.1) is 5.82 Å².